The van der Waals surface area contributed by atoms with Crippen LogP contribution in [0.5, 0.6) is 0 Å². The second kappa shape index (κ2) is 13.0. The average Bonchev–Trinajstić information content (AvgIpc) is 3.03. The second-order valence-electron chi connectivity index (χ2n) is 10.7. The molecular weight excluding hydrogens is 512 g/mol. The lowest BCUT2D eigenvalue weighted by molar-refractivity contribution is -0.646. The summed E-state index contributed by atoms with van der Waals surface area (Å²) in [6.45, 7) is 12.8. The van der Waals surface area contributed by atoms with Gasteiger partial charge in [-0.3, -0.25) is 0 Å². The molecule has 0 saturated carbocycles. The predicted octanol–water partition coefficient (Wildman–Crippen LogP) is 7.68. The van der Waals surface area contributed by atoms with Crippen molar-refractivity contribution in [3.05, 3.63) is 107 Å². The van der Waals surface area contributed by atoms with Crippen LogP contribution < -0.4 is 18.9 Å². The number of aryl methyl sites for hydroxylation is 2. The standard InChI is InChI=1S/C38H44N4/c1-7-41(8-2)37-27-31(39(5)35-17-13-11-15-33(35)37)25-23-29-19-21-30(22-20-29)24-26-32-28-38(42(9-3)10-4)34-16-12-14-18-36(34)40(32)6/h11-28H,7-10H2,1-6H3/q+2/b25-23+,26-24+. The number of aromatic nitrogens is 2. The van der Waals surface area contributed by atoms with Crippen LogP contribution in [0.1, 0.15) is 50.2 Å². The van der Waals surface area contributed by atoms with Gasteiger partial charge in [-0.05, 0) is 63.1 Å². The molecule has 2 aromatic heterocycles. The van der Waals surface area contributed by atoms with Crippen LogP contribution in [0.15, 0.2) is 84.9 Å². The van der Waals surface area contributed by atoms with Crippen LogP contribution in [-0.2, 0) is 14.1 Å². The predicted molar refractivity (Wildman–Crippen MR) is 182 cm³/mol. The number of hydrogen-bond acceptors (Lipinski definition) is 2. The van der Waals surface area contributed by atoms with Crippen molar-refractivity contribution in [3.63, 3.8) is 0 Å². The number of fused-ring (bicyclic) bond motifs is 2. The van der Waals surface area contributed by atoms with Gasteiger partial charge >= 0.3 is 0 Å². The molecule has 0 saturated heterocycles. The quantitative estimate of drug-likeness (QED) is 0.164. The zero-order valence-electron chi connectivity index (χ0n) is 26.0. The lowest BCUT2D eigenvalue weighted by atomic mass is 10.1. The largest absolute Gasteiger partial charge is 0.371 e. The molecule has 0 unspecified atom stereocenters. The van der Waals surface area contributed by atoms with Crippen molar-refractivity contribution < 1.29 is 9.13 Å². The van der Waals surface area contributed by atoms with Crippen LogP contribution in [0.4, 0.5) is 11.4 Å². The van der Waals surface area contributed by atoms with Crippen molar-refractivity contribution in [2.45, 2.75) is 27.7 Å². The Morgan fingerprint density at radius 3 is 1.21 bits per heavy atom. The summed E-state index contributed by atoms with van der Waals surface area (Å²) in [5.74, 6) is 0. The van der Waals surface area contributed by atoms with E-state index in [1.807, 2.05) is 0 Å². The number of anilines is 2. The van der Waals surface area contributed by atoms with Crippen LogP contribution in [0.3, 0.4) is 0 Å². The second-order valence-corrected chi connectivity index (χ2v) is 10.7. The number of para-hydroxylation sites is 2. The van der Waals surface area contributed by atoms with Crippen molar-refractivity contribution in [1.82, 2.24) is 0 Å². The Bertz CT molecular complexity index is 1610. The van der Waals surface area contributed by atoms with Crippen molar-refractivity contribution in [2.75, 3.05) is 36.0 Å². The smallest absolute Gasteiger partial charge is 0.214 e. The van der Waals surface area contributed by atoms with E-state index in [1.165, 1.54) is 55.7 Å². The summed E-state index contributed by atoms with van der Waals surface area (Å²) in [7, 11) is 4.31. The molecule has 0 spiro atoms. The molecule has 0 aliphatic rings. The lowest BCUT2D eigenvalue weighted by Crippen LogP contribution is -2.34. The third-order valence-corrected chi connectivity index (χ3v) is 8.46. The molecule has 3 aromatic carbocycles. The van der Waals surface area contributed by atoms with Gasteiger partial charge in [0.25, 0.3) is 0 Å². The third kappa shape index (κ3) is 5.80. The molecule has 0 N–H and O–H groups in total. The summed E-state index contributed by atoms with van der Waals surface area (Å²) in [5, 5.41) is 2.59. The van der Waals surface area contributed by atoms with Gasteiger partial charge in [0, 0.05) is 62.6 Å². The molecule has 5 aromatic rings. The molecule has 0 atom stereocenters. The molecule has 2 heterocycles. The maximum Gasteiger partial charge on any atom is 0.214 e. The van der Waals surface area contributed by atoms with Crippen molar-refractivity contribution in [2.24, 2.45) is 14.1 Å². The molecule has 0 aliphatic heterocycles. The highest BCUT2D eigenvalue weighted by Gasteiger charge is 2.18. The number of benzene rings is 3. The number of nitrogens with zero attached hydrogens (tertiary/aromatic N) is 4. The van der Waals surface area contributed by atoms with E-state index < -0.39 is 0 Å². The fourth-order valence-corrected chi connectivity index (χ4v) is 5.93. The highest BCUT2D eigenvalue weighted by atomic mass is 15.1. The first kappa shape index (κ1) is 29.1. The molecule has 42 heavy (non-hydrogen) atoms. The first-order valence-electron chi connectivity index (χ1n) is 15.3. The van der Waals surface area contributed by atoms with Crippen molar-refractivity contribution in [3.8, 4) is 0 Å². The summed E-state index contributed by atoms with van der Waals surface area (Å²) >= 11 is 0. The van der Waals surface area contributed by atoms with E-state index in [2.05, 4.69) is 170 Å². The Labute approximate surface area is 251 Å². The zero-order valence-corrected chi connectivity index (χ0v) is 26.0. The SMILES string of the molecule is CCN(CC)c1cc(/C=C/c2ccc(/C=C/c3cc(N(CC)CC)c4ccccc4[n+]3C)cc2)[n+](C)c2ccccc12. The van der Waals surface area contributed by atoms with Gasteiger partial charge in [-0.1, -0.05) is 48.5 Å². The molecule has 0 bridgehead atoms. The highest BCUT2D eigenvalue weighted by molar-refractivity contribution is 5.92. The van der Waals surface area contributed by atoms with Gasteiger partial charge in [0.05, 0.1) is 22.1 Å². The van der Waals surface area contributed by atoms with E-state index in [0.29, 0.717) is 0 Å². The minimum Gasteiger partial charge on any atom is -0.371 e. The van der Waals surface area contributed by atoms with E-state index in [0.717, 1.165) is 26.2 Å². The van der Waals surface area contributed by atoms with Crippen LogP contribution >= 0.6 is 0 Å². The Kier molecular flexibility index (Phi) is 9.02. The molecule has 0 amide bonds. The number of rotatable bonds is 10. The summed E-state index contributed by atoms with van der Waals surface area (Å²) in [6, 6.07) is 30.8. The molecule has 0 aliphatic carbocycles. The summed E-state index contributed by atoms with van der Waals surface area (Å²) in [5.41, 5.74) is 9.81. The molecule has 5 rings (SSSR count). The first-order chi connectivity index (χ1) is 20.5. The highest BCUT2D eigenvalue weighted by Crippen LogP contribution is 2.28. The van der Waals surface area contributed by atoms with Gasteiger partial charge in [-0.2, -0.15) is 9.13 Å². The molecular formula is C38H44N4+2. The number of pyridine rings is 2. The normalized spacial score (nSPS) is 11.8. The topological polar surface area (TPSA) is 14.2 Å². The summed E-state index contributed by atoms with van der Waals surface area (Å²) in [4.78, 5) is 4.86. The van der Waals surface area contributed by atoms with Gasteiger partial charge in [0.2, 0.25) is 22.4 Å². The Morgan fingerprint density at radius 2 is 0.857 bits per heavy atom. The van der Waals surface area contributed by atoms with E-state index in [-0.39, 0.29) is 0 Å². The zero-order chi connectivity index (χ0) is 29.6. The Balaban J connectivity index is 1.42. The lowest BCUT2D eigenvalue weighted by Gasteiger charge is -2.22. The fourth-order valence-electron chi connectivity index (χ4n) is 5.93. The van der Waals surface area contributed by atoms with Gasteiger partial charge in [0.15, 0.2) is 0 Å². The van der Waals surface area contributed by atoms with Crippen LogP contribution in [0.2, 0.25) is 0 Å². The third-order valence-electron chi connectivity index (χ3n) is 8.46. The Morgan fingerprint density at radius 1 is 0.500 bits per heavy atom. The first-order valence-corrected chi connectivity index (χ1v) is 15.3. The van der Waals surface area contributed by atoms with Crippen LogP contribution in [0, 0.1) is 0 Å². The van der Waals surface area contributed by atoms with Crippen molar-refractivity contribution >= 4 is 57.5 Å². The monoisotopic (exact) mass is 556 g/mol. The minimum absolute atomic E-state index is 0.986. The maximum atomic E-state index is 2.43. The maximum absolute atomic E-state index is 2.43. The van der Waals surface area contributed by atoms with Gasteiger partial charge in [0.1, 0.15) is 14.1 Å². The summed E-state index contributed by atoms with van der Waals surface area (Å²) < 4.78 is 4.57. The van der Waals surface area contributed by atoms with Gasteiger partial charge in [-0.25, -0.2) is 0 Å². The molecule has 214 valence electrons. The minimum atomic E-state index is 0.986. The number of hydrogen-bond donors (Lipinski definition) is 0. The van der Waals surface area contributed by atoms with E-state index in [1.54, 1.807) is 0 Å². The van der Waals surface area contributed by atoms with E-state index in [9.17, 15) is 0 Å². The van der Waals surface area contributed by atoms with Gasteiger partial charge in [-0.15, -0.1) is 0 Å². The van der Waals surface area contributed by atoms with E-state index >= 15 is 0 Å². The molecule has 4 heteroatoms. The fraction of sp³-hybridized carbons (Fsp3) is 0.263. The van der Waals surface area contributed by atoms with Crippen LogP contribution in [-0.4, -0.2) is 26.2 Å². The van der Waals surface area contributed by atoms with Crippen molar-refractivity contribution in [1.29, 1.82) is 0 Å². The molecule has 4 nitrogen and oxygen atoms in total. The van der Waals surface area contributed by atoms with E-state index in [4.69, 9.17) is 0 Å². The molecule has 0 radical (unpaired) electrons. The summed E-state index contributed by atoms with van der Waals surface area (Å²) in [6.07, 6.45) is 8.88. The molecule has 0 fully saturated rings. The van der Waals surface area contributed by atoms with Gasteiger partial charge < -0.3 is 9.80 Å². The van der Waals surface area contributed by atoms with Crippen LogP contribution in [0.25, 0.3) is 46.1 Å². The Hall–Kier alpha value is -4.44. The average molecular weight is 557 g/mol.